The molecule has 0 aliphatic carbocycles. The Morgan fingerprint density at radius 2 is 2.33 bits per heavy atom. The molecule has 6 heteroatoms. The van der Waals surface area contributed by atoms with Crippen LogP contribution in [0.5, 0.6) is 0 Å². The Kier molecular flexibility index (Phi) is 4.52. The summed E-state index contributed by atoms with van der Waals surface area (Å²) in [5.74, 6) is -0.578. The van der Waals surface area contributed by atoms with Crippen molar-refractivity contribution in [3.8, 4) is 0 Å². The molecular formula is C9H11IN2O2S. The second-order valence-electron chi connectivity index (χ2n) is 3.18. The number of nitrogens with two attached hydrogens (primary N) is 1. The van der Waals surface area contributed by atoms with Crippen molar-refractivity contribution in [3.63, 3.8) is 0 Å². The molecule has 0 saturated heterocycles. The number of carbonyl (C=O) groups excluding carboxylic acids is 2. The first-order valence-electron chi connectivity index (χ1n) is 4.32. The highest BCUT2D eigenvalue weighted by Crippen LogP contribution is 2.16. The molecular weight excluding hydrogens is 327 g/mol. The highest BCUT2D eigenvalue weighted by atomic mass is 127. The van der Waals surface area contributed by atoms with Gasteiger partial charge in [0.2, 0.25) is 5.91 Å². The quantitative estimate of drug-likeness (QED) is 0.814. The van der Waals surface area contributed by atoms with Gasteiger partial charge in [0.25, 0.3) is 5.91 Å². The second kappa shape index (κ2) is 5.45. The molecule has 1 heterocycles. The van der Waals surface area contributed by atoms with E-state index < -0.39 is 5.91 Å². The van der Waals surface area contributed by atoms with Gasteiger partial charge in [-0.3, -0.25) is 9.59 Å². The van der Waals surface area contributed by atoms with Crippen molar-refractivity contribution < 1.29 is 9.59 Å². The van der Waals surface area contributed by atoms with E-state index in [-0.39, 0.29) is 18.4 Å². The van der Waals surface area contributed by atoms with Gasteiger partial charge in [0.05, 0.1) is 8.45 Å². The van der Waals surface area contributed by atoms with Crippen LogP contribution in [0.1, 0.15) is 23.7 Å². The van der Waals surface area contributed by atoms with E-state index in [2.05, 4.69) is 27.9 Å². The molecule has 1 unspecified atom stereocenters. The van der Waals surface area contributed by atoms with Crippen LogP contribution in [-0.2, 0) is 4.79 Å². The minimum atomic E-state index is -0.414. The first-order valence-corrected chi connectivity index (χ1v) is 6.28. The minimum absolute atomic E-state index is 0.160. The van der Waals surface area contributed by atoms with Gasteiger partial charge < -0.3 is 11.1 Å². The van der Waals surface area contributed by atoms with Gasteiger partial charge in [-0.15, -0.1) is 11.3 Å². The Morgan fingerprint density at radius 1 is 1.67 bits per heavy atom. The third-order valence-corrected chi connectivity index (χ3v) is 3.50. The zero-order valence-electron chi connectivity index (χ0n) is 8.12. The van der Waals surface area contributed by atoms with E-state index in [0.717, 1.165) is 2.88 Å². The Morgan fingerprint density at radius 3 is 2.80 bits per heavy atom. The molecule has 0 saturated carbocycles. The standard InChI is InChI=1S/C9H11IN2O2S/c1-5(2-8(11)13)12-9(14)6-3-7(10)15-4-6/h3-5H,2H2,1H3,(H2,11,13)(H,12,14). The summed E-state index contributed by atoms with van der Waals surface area (Å²) in [4.78, 5) is 22.2. The third-order valence-electron chi connectivity index (χ3n) is 1.71. The van der Waals surface area contributed by atoms with Crippen molar-refractivity contribution in [3.05, 3.63) is 19.9 Å². The predicted octanol–water partition coefficient (Wildman–Crippen LogP) is 1.35. The SMILES string of the molecule is CC(CC(N)=O)NC(=O)c1csc(I)c1. The molecule has 4 nitrogen and oxygen atoms in total. The summed E-state index contributed by atoms with van der Waals surface area (Å²) in [5, 5.41) is 4.49. The Balaban J connectivity index is 2.52. The number of hydrogen-bond donors (Lipinski definition) is 2. The fraction of sp³-hybridized carbons (Fsp3) is 0.333. The van der Waals surface area contributed by atoms with Crippen LogP contribution < -0.4 is 11.1 Å². The van der Waals surface area contributed by atoms with Gasteiger partial charge in [0, 0.05) is 17.8 Å². The molecule has 2 amide bonds. The molecule has 1 atom stereocenters. The van der Waals surface area contributed by atoms with E-state index in [1.54, 1.807) is 18.4 Å². The zero-order chi connectivity index (χ0) is 11.4. The number of primary amides is 1. The van der Waals surface area contributed by atoms with Crippen molar-refractivity contribution in [1.29, 1.82) is 0 Å². The molecule has 1 aromatic heterocycles. The van der Waals surface area contributed by atoms with Crippen molar-refractivity contribution in [2.45, 2.75) is 19.4 Å². The lowest BCUT2D eigenvalue weighted by atomic mass is 10.2. The summed E-state index contributed by atoms with van der Waals surface area (Å²) < 4.78 is 1.06. The molecule has 15 heavy (non-hydrogen) atoms. The Hall–Kier alpha value is -0.630. The van der Waals surface area contributed by atoms with Crippen molar-refractivity contribution >= 4 is 45.7 Å². The van der Waals surface area contributed by atoms with Gasteiger partial charge in [-0.1, -0.05) is 0 Å². The highest BCUT2D eigenvalue weighted by Gasteiger charge is 2.12. The number of thiophene rings is 1. The number of carbonyl (C=O) groups is 2. The summed E-state index contributed by atoms with van der Waals surface area (Å²) >= 11 is 3.66. The fourth-order valence-corrected chi connectivity index (χ4v) is 2.42. The molecule has 3 N–H and O–H groups in total. The molecule has 0 aliphatic rings. The summed E-state index contributed by atoms with van der Waals surface area (Å²) in [5.41, 5.74) is 5.65. The van der Waals surface area contributed by atoms with Gasteiger partial charge in [-0.2, -0.15) is 0 Å². The van der Waals surface area contributed by atoms with Gasteiger partial charge in [-0.05, 0) is 35.6 Å². The first kappa shape index (κ1) is 12.4. The topological polar surface area (TPSA) is 72.2 Å². The van der Waals surface area contributed by atoms with E-state index in [1.807, 2.05) is 0 Å². The van der Waals surface area contributed by atoms with Crippen LogP contribution in [-0.4, -0.2) is 17.9 Å². The largest absolute Gasteiger partial charge is 0.370 e. The third kappa shape index (κ3) is 4.17. The van der Waals surface area contributed by atoms with E-state index in [4.69, 9.17) is 5.73 Å². The normalized spacial score (nSPS) is 12.1. The molecule has 0 spiro atoms. The zero-order valence-corrected chi connectivity index (χ0v) is 11.1. The summed E-state index contributed by atoms with van der Waals surface area (Å²) in [7, 11) is 0. The van der Waals surface area contributed by atoms with E-state index >= 15 is 0 Å². The monoisotopic (exact) mass is 338 g/mol. The predicted molar refractivity (Wildman–Crippen MR) is 67.8 cm³/mol. The Labute approximate surface area is 105 Å². The van der Waals surface area contributed by atoms with Crippen LogP contribution in [0.4, 0.5) is 0 Å². The molecule has 1 rings (SSSR count). The van der Waals surface area contributed by atoms with Gasteiger partial charge in [0.15, 0.2) is 0 Å². The van der Waals surface area contributed by atoms with Crippen LogP contribution >= 0.6 is 33.9 Å². The first-order chi connectivity index (χ1) is 6.99. The lowest BCUT2D eigenvalue weighted by Gasteiger charge is -2.10. The molecule has 0 bridgehead atoms. The van der Waals surface area contributed by atoms with Crippen molar-refractivity contribution in [2.75, 3.05) is 0 Å². The van der Waals surface area contributed by atoms with Crippen LogP contribution in [0.3, 0.4) is 0 Å². The Bertz CT molecular complexity index is 378. The van der Waals surface area contributed by atoms with Crippen LogP contribution in [0.2, 0.25) is 0 Å². The van der Waals surface area contributed by atoms with Gasteiger partial charge in [0.1, 0.15) is 0 Å². The molecule has 0 aliphatic heterocycles. The molecule has 0 radical (unpaired) electrons. The number of halogens is 1. The number of hydrogen-bond acceptors (Lipinski definition) is 3. The fourth-order valence-electron chi connectivity index (χ4n) is 1.09. The van der Waals surface area contributed by atoms with Crippen LogP contribution in [0.25, 0.3) is 0 Å². The summed E-state index contributed by atoms with van der Waals surface area (Å²) in [6, 6.07) is 1.57. The molecule has 0 fully saturated rings. The highest BCUT2D eigenvalue weighted by molar-refractivity contribution is 14.1. The summed E-state index contributed by atoms with van der Waals surface area (Å²) in [6.07, 6.45) is 0.160. The van der Waals surface area contributed by atoms with Crippen LogP contribution in [0, 0.1) is 2.88 Å². The van der Waals surface area contributed by atoms with Gasteiger partial charge in [-0.25, -0.2) is 0 Å². The van der Waals surface area contributed by atoms with Crippen molar-refractivity contribution in [2.24, 2.45) is 5.73 Å². The van der Waals surface area contributed by atoms with Gasteiger partial charge >= 0.3 is 0 Å². The van der Waals surface area contributed by atoms with E-state index in [9.17, 15) is 9.59 Å². The lowest BCUT2D eigenvalue weighted by molar-refractivity contribution is -0.118. The maximum Gasteiger partial charge on any atom is 0.252 e. The second-order valence-corrected chi connectivity index (χ2v) is 5.99. The smallest absolute Gasteiger partial charge is 0.252 e. The van der Waals surface area contributed by atoms with Crippen molar-refractivity contribution in [1.82, 2.24) is 5.32 Å². The van der Waals surface area contributed by atoms with E-state index in [1.165, 1.54) is 11.3 Å². The average molecular weight is 338 g/mol. The maximum absolute atomic E-state index is 11.6. The molecule has 82 valence electrons. The molecule has 1 aromatic rings. The van der Waals surface area contributed by atoms with E-state index in [0.29, 0.717) is 5.56 Å². The average Bonchev–Trinajstić information content (AvgIpc) is 2.49. The maximum atomic E-state index is 11.6. The number of amides is 2. The number of rotatable bonds is 4. The van der Waals surface area contributed by atoms with Crippen LogP contribution in [0.15, 0.2) is 11.4 Å². The minimum Gasteiger partial charge on any atom is -0.370 e. The summed E-state index contributed by atoms with van der Waals surface area (Å²) in [6.45, 7) is 1.75. The molecule has 0 aromatic carbocycles. The number of nitrogens with one attached hydrogen (secondary N) is 1. The lowest BCUT2D eigenvalue weighted by Crippen LogP contribution is -2.35.